The minimum atomic E-state index is -3.80. The van der Waals surface area contributed by atoms with E-state index in [0.29, 0.717) is 11.5 Å². The van der Waals surface area contributed by atoms with E-state index in [1.54, 1.807) is 25.3 Å². The van der Waals surface area contributed by atoms with Crippen LogP contribution in [0.25, 0.3) is 0 Å². The topological polar surface area (TPSA) is 71.1 Å². The predicted octanol–water partition coefficient (Wildman–Crippen LogP) is 3.79. The minimum absolute atomic E-state index is 0.0323. The molecular weight excluding hydrogens is 329 g/mol. The number of hydrogen-bond donors (Lipinski definition) is 2. The SMILES string of the molecule is Cc1cc(F)ccc1S(=O)(=O)Nc1ccc(NCCC(C)C)cn1. The molecule has 2 aromatic rings. The molecule has 0 saturated heterocycles. The number of aryl methyl sites for hydroxylation is 1. The summed E-state index contributed by atoms with van der Waals surface area (Å²) in [6.07, 6.45) is 2.62. The van der Waals surface area contributed by atoms with E-state index in [1.807, 2.05) is 0 Å². The van der Waals surface area contributed by atoms with Crippen LogP contribution in [0.1, 0.15) is 25.8 Å². The van der Waals surface area contributed by atoms with Crippen molar-refractivity contribution < 1.29 is 12.8 Å². The number of hydrogen-bond acceptors (Lipinski definition) is 4. The fourth-order valence-electron chi connectivity index (χ4n) is 2.17. The molecule has 0 saturated carbocycles. The molecule has 0 unspecified atom stereocenters. The Hall–Kier alpha value is -2.15. The standard InChI is InChI=1S/C17H22FN3O2S/c1-12(2)8-9-19-15-5-7-17(20-11-15)21-24(22,23)16-6-4-14(18)10-13(16)3/h4-7,10-12,19H,8-9H2,1-3H3,(H,20,21). The lowest BCUT2D eigenvalue weighted by Gasteiger charge is -2.11. The molecule has 0 aliphatic carbocycles. The second-order valence-corrected chi connectivity index (χ2v) is 7.71. The molecule has 0 aliphatic heterocycles. The van der Waals surface area contributed by atoms with E-state index >= 15 is 0 Å². The highest BCUT2D eigenvalue weighted by atomic mass is 32.2. The summed E-state index contributed by atoms with van der Waals surface area (Å²) in [5, 5.41) is 3.23. The lowest BCUT2D eigenvalue weighted by atomic mass is 10.1. The molecule has 2 rings (SSSR count). The van der Waals surface area contributed by atoms with E-state index in [-0.39, 0.29) is 10.7 Å². The highest BCUT2D eigenvalue weighted by Gasteiger charge is 2.17. The molecule has 0 amide bonds. The van der Waals surface area contributed by atoms with Gasteiger partial charge in [0.2, 0.25) is 0 Å². The summed E-state index contributed by atoms with van der Waals surface area (Å²) in [7, 11) is -3.80. The molecule has 0 fully saturated rings. The Kier molecular flexibility index (Phi) is 5.77. The number of benzene rings is 1. The molecule has 130 valence electrons. The molecule has 1 heterocycles. The maximum absolute atomic E-state index is 13.1. The van der Waals surface area contributed by atoms with Crippen molar-refractivity contribution >= 4 is 21.5 Å². The van der Waals surface area contributed by atoms with Gasteiger partial charge in [-0.1, -0.05) is 13.8 Å². The van der Waals surface area contributed by atoms with Gasteiger partial charge in [0.05, 0.1) is 16.8 Å². The molecule has 7 heteroatoms. The number of rotatable bonds is 7. The molecule has 0 radical (unpaired) electrons. The minimum Gasteiger partial charge on any atom is -0.384 e. The van der Waals surface area contributed by atoms with Crippen molar-refractivity contribution in [2.45, 2.75) is 32.1 Å². The molecule has 1 aromatic heterocycles. The molecule has 0 bridgehead atoms. The number of sulfonamides is 1. The summed E-state index contributed by atoms with van der Waals surface area (Å²) in [6.45, 7) is 6.68. The van der Waals surface area contributed by atoms with Gasteiger partial charge in [-0.2, -0.15) is 0 Å². The number of halogens is 1. The Balaban J connectivity index is 2.07. The first-order chi connectivity index (χ1) is 11.3. The smallest absolute Gasteiger partial charge is 0.263 e. The van der Waals surface area contributed by atoms with E-state index < -0.39 is 15.8 Å². The first kappa shape index (κ1) is 18.2. The lowest BCUT2D eigenvalue weighted by Crippen LogP contribution is -2.15. The van der Waals surface area contributed by atoms with Crippen LogP contribution < -0.4 is 10.0 Å². The highest BCUT2D eigenvalue weighted by Crippen LogP contribution is 2.20. The summed E-state index contributed by atoms with van der Waals surface area (Å²) in [5.74, 6) is 0.352. The van der Waals surface area contributed by atoms with Crippen LogP contribution >= 0.6 is 0 Å². The summed E-state index contributed by atoms with van der Waals surface area (Å²) in [4.78, 5) is 4.14. The Morgan fingerprint density at radius 3 is 2.54 bits per heavy atom. The maximum Gasteiger partial charge on any atom is 0.263 e. The van der Waals surface area contributed by atoms with Gasteiger partial charge in [0.25, 0.3) is 10.0 Å². The van der Waals surface area contributed by atoms with Crippen molar-refractivity contribution in [2.75, 3.05) is 16.6 Å². The van der Waals surface area contributed by atoms with Crippen molar-refractivity contribution in [1.29, 1.82) is 0 Å². The van der Waals surface area contributed by atoms with E-state index in [0.717, 1.165) is 24.7 Å². The number of nitrogens with zero attached hydrogens (tertiary/aromatic N) is 1. The van der Waals surface area contributed by atoms with Gasteiger partial charge >= 0.3 is 0 Å². The van der Waals surface area contributed by atoms with Crippen LogP contribution in [0.15, 0.2) is 41.4 Å². The zero-order chi connectivity index (χ0) is 17.7. The van der Waals surface area contributed by atoms with Gasteiger partial charge in [0, 0.05) is 6.54 Å². The zero-order valence-corrected chi connectivity index (χ0v) is 14.8. The van der Waals surface area contributed by atoms with E-state index in [4.69, 9.17) is 0 Å². The van der Waals surface area contributed by atoms with Crippen molar-refractivity contribution in [3.8, 4) is 0 Å². The summed E-state index contributed by atoms with van der Waals surface area (Å²) in [5.41, 5.74) is 1.17. The van der Waals surface area contributed by atoms with Gasteiger partial charge in [0.1, 0.15) is 11.6 Å². The van der Waals surface area contributed by atoms with Gasteiger partial charge < -0.3 is 5.32 Å². The second-order valence-electron chi connectivity index (χ2n) is 6.06. The predicted molar refractivity (Wildman–Crippen MR) is 94.1 cm³/mol. The summed E-state index contributed by atoms with van der Waals surface area (Å²) in [6, 6.07) is 6.91. The van der Waals surface area contributed by atoms with Crippen LogP contribution in [-0.2, 0) is 10.0 Å². The molecule has 0 spiro atoms. The Morgan fingerprint density at radius 2 is 1.96 bits per heavy atom. The van der Waals surface area contributed by atoms with Crippen LogP contribution in [0.3, 0.4) is 0 Å². The van der Waals surface area contributed by atoms with Crippen molar-refractivity contribution in [3.05, 3.63) is 47.9 Å². The lowest BCUT2D eigenvalue weighted by molar-refractivity contribution is 0.598. The van der Waals surface area contributed by atoms with Crippen LogP contribution in [0.2, 0.25) is 0 Å². The van der Waals surface area contributed by atoms with Gasteiger partial charge in [-0.25, -0.2) is 17.8 Å². The zero-order valence-electron chi connectivity index (χ0n) is 14.0. The van der Waals surface area contributed by atoms with E-state index in [9.17, 15) is 12.8 Å². The third-order valence-corrected chi connectivity index (χ3v) is 4.99. The van der Waals surface area contributed by atoms with Crippen LogP contribution in [-0.4, -0.2) is 19.9 Å². The number of aromatic nitrogens is 1. The summed E-state index contributed by atoms with van der Waals surface area (Å²) < 4.78 is 40.3. The normalized spacial score (nSPS) is 11.5. The average molecular weight is 351 g/mol. The van der Waals surface area contributed by atoms with Gasteiger partial charge in [-0.05, 0) is 55.2 Å². The average Bonchev–Trinajstić information content (AvgIpc) is 2.48. The first-order valence-corrected chi connectivity index (χ1v) is 9.25. The van der Waals surface area contributed by atoms with Crippen molar-refractivity contribution in [1.82, 2.24) is 4.98 Å². The molecule has 0 atom stereocenters. The third kappa shape index (κ3) is 4.92. The quantitative estimate of drug-likeness (QED) is 0.796. The van der Waals surface area contributed by atoms with Crippen LogP contribution in [0.4, 0.5) is 15.9 Å². The van der Waals surface area contributed by atoms with Crippen LogP contribution in [0.5, 0.6) is 0 Å². The largest absolute Gasteiger partial charge is 0.384 e. The van der Waals surface area contributed by atoms with Crippen molar-refractivity contribution in [2.24, 2.45) is 5.92 Å². The Morgan fingerprint density at radius 1 is 1.21 bits per heavy atom. The molecule has 1 aromatic carbocycles. The van der Waals surface area contributed by atoms with Gasteiger partial charge in [-0.15, -0.1) is 0 Å². The van der Waals surface area contributed by atoms with Gasteiger partial charge in [0.15, 0.2) is 0 Å². The highest BCUT2D eigenvalue weighted by molar-refractivity contribution is 7.92. The third-order valence-electron chi connectivity index (χ3n) is 3.48. The monoisotopic (exact) mass is 351 g/mol. The Bertz CT molecular complexity index is 790. The molecule has 2 N–H and O–H groups in total. The van der Waals surface area contributed by atoms with Crippen molar-refractivity contribution in [3.63, 3.8) is 0 Å². The van der Waals surface area contributed by atoms with E-state index in [2.05, 4.69) is 28.9 Å². The first-order valence-electron chi connectivity index (χ1n) is 7.77. The molecule has 5 nitrogen and oxygen atoms in total. The fraction of sp³-hybridized carbons (Fsp3) is 0.353. The number of nitrogens with one attached hydrogen (secondary N) is 2. The summed E-state index contributed by atoms with van der Waals surface area (Å²) >= 11 is 0. The maximum atomic E-state index is 13.1. The van der Waals surface area contributed by atoms with E-state index in [1.165, 1.54) is 12.1 Å². The number of pyridine rings is 1. The van der Waals surface area contributed by atoms with Crippen LogP contribution in [0, 0.1) is 18.7 Å². The Labute approximate surface area is 142 Å². The fourth-order valence-corrected chi connectivity index (χ4v) is 3.41. The molecular formula is C17H22FN3O2S. The molecule has 0 aliphatic rings. The molecule has 24 heavy (non-hydrogen) atoms. The van der Waals surface area contributed by atoms with Gasteiger partial charge in [-0.3, -0.25) is 4.72 Å². The number of anilines is 2. The second kappa shape index (κ2) is 7.61.